The van der Waals surface area contributed by atoms with Gasteiger partial charge in [0.05, 0.1) is 26.1 Å². The summed E-state index contributed by atoms with van der Waals surface area (Å²) in [5, 5.41) is 3.11. The summed E-state index contributed by atoms with van der Waals surface area (Å²) in [4.78, 5) is 20.4. The fraction of sp³-hybridized carbons (Fsp3) is 0.667. The van der Waals surface area contributed by atoms with Crippen molar-refractivity contribution < 1.29 is 9.47 Å². The molecule has 7 heteroatoms. The topological polar surface area (TPSA) is 79.5 Å². The number of hydrogen-bond donors (Lipinski definition) is 2. The summed E-state index contributed by atoms with van der Waals surface area (Å²) >= 11 is 0. The Bertz CT molecular complexity index is 463. The van der Waals surface area contributed by atoms with Gasteiger partial charge in [-0.25, -0.2) is 4.98 Å². The molecule has 2 heterocycles. The van der Waals surface area contributed by atoms with Crippen molar-refractivity contribution >= 4 is 5.82 Å². The van der Waals surface area contributed by atoms with Crippen molar-refractivity contribution in [2.75, 3.05) is 45.2 Å². The predicted octanol–water partition coefficient (Wildman–Crippen LogP) is -0.0889. The summed E-state index contributed by atoms with van der Waals surface area (Å²) in [6.45, 7) is 6.35. The van der Waals surface area contributed by atoms with Gasteiger partial charge in [0.15, 0.2) is 5.82 Å². The molecule has 2 N–H and O–H groups in total. The quantitative estimate of drug-likeness (QED) is 0.777. The molecule has 0 amide bonds. The third-order valence-corrected chi connectivity index (χ3v) is 3.18. The molecule has 0 radical (unpaired) electrons. The van der Waals surface area contributed by atoms with E-state index < -0.39 is 0 Å². The van der Waals surface area contributed by atoms with E-state index in [4.69, 9.17) is 9.47 Å². The number of aromatic amines is 1. The molecule has 0 saturated carbocycles. The van der Waals surface area contributed by atoms with Crippen LogP contribution in [0.15, 0.2) is 11.1 Å². The molecule has 1 aliphatic rings. The number of nitrogens with one attached hydrogen (secondary N) is 2. The number of anilines is 1. The number of aromatic nitrogens is 2. The highest BCUT2D eigenvalue weighted by Crippen LogP contribution is 2.15. The Kier molecular flexibility index (Phi) is 4.75. The molecular weight excluding hydrogens is 248 g/mol. The Labute approximate surface area is 111 Å². The van der Waals surface area contributed by atoms with Crippen LogP contribution in [0.5, 0.6) is 5.75 Å². The van der Waals surface area contributed by atoms with Gasteiger partial charge in [-0.3, -0.25) is 9.69 Å². The van der Waals surface area contributed by atoms with E-state index in [-0.39, 0.29) is 17.4 Å². The van der Waals surface area contributed by atoms with Crippen LogP contribution in [0, 0.1) is 0 Å². The van der Waals surface area contributed by atoms with Gasteiger partial charge in [-0.2, -0.15) is 0 Å². The highest BCUT2D eigenvalue weighted by molar-refractivity contribution is 5.47. The van der Waals surface area contributed by atoms with Gasteiger partial charge >= 0.3 is 0 Å². The second kappa shape index (κ2) is 6.53. The predicted molar refractivity (Wildman–Crippen MR) is 71.8 cm³/mol. The lowest BCUT2D eigenvalue weighted by atomic mass is 10.2. The third-order valence-electron chi connectivity index (χ3n) is 3.18. The first kappa shape index (κ1) is 13.8. The van der Waals surface area contributed by atoms with Crippen molar-refractivity contribution in [1.82, 2.24) is 14.9 Å². The molecule has 19 heavy (non-hydrogen) atoms. The molecule has 0 bridgehead atoms. The standard InChI is InChI=1S/C12H20N4O3/c1-3-16-4-5-19-9(7-16)6-13-11-10(18-2)12(17)15-8-14-11/h8-9H,3-7H2,1-2H3,(H2,13,14,15,17). The smallest absolute Gasteiger partial charge is 0.295 e. The van der Waals surface area contributed by atoms with Gasteiger partial charge in [0.2, 0.25) is 5.75 Å². The van der Waals surface area contributed by atoms with Gasteiger partial charge in [-0.05, 0) is 6.54 Å². The monoisotopic (exact) mass is 268 g/mol. The molecule has 106 valence electrons. The van der Waals surface area contributed by atoms with Crippen molar-refractivity contribution in [2.45, 2.75) is 13.0 Å². The number of ether oxygens (including phenoxy) is 2. The lowest BCUT2D eigenvalue weighted by Gasteiger charge is -2.32. The maximum absolute atomic E-state index is 11.5. The summed E-state index contributed by atoms with van der Waals surface area (Å²) in [5.74, 6) is 0.647. The Morgan fingerprint density at radius 1 is 1.68 bits per heavy atom. The number of nitrogens with zero attached hydrogens (tertiary/aromatic N) is 2. The number of likely N-dealkylation sites (N-methyl/N-ethyl adjacent to an activating group) is 1. The molecule has 1 aromatic rings. The minimum atomic E-state index is -0.292. The van der Waals surface area contributed by atoms with Gasteiger partial charge in [-0.1, -0.05) is 6.92 Å². The van der Waals surface area contributed by atoms with E-state index in [1.54, 1.807) is 0 Å². The largest absolute Gasteiger partial charge is 0.489 e. The highest BCUT2D eigenvalue weighted by atomic mass is 16.5. The fourth-order valence-electron chi connectivity index (χ4n) is 2.10. The molecule has 7 nitrogen and oxygen atoms in total. The van der Waals surface area contributed by atoms with Gasteiger partial charge < -0.3 is 19.8 Å². The van der Waals surface area contributed by atoms with E-state index in [2.05, 4.69) is 27.1 Å². The van der Waals surface area contributed by atoms with Gasteiger partial charge in [0.1, 0.15) is 0 Å². The molecule has 1 aromatic heterocycles. The minimum Gasteiger partial charge on any atom is -0.489 e. The van der Waals surface area contributed by atoms with Gasteiger partial charge in [-0.15, -0.1) is 0 Å². The van der Waals surface area contributed by atoms with Crippen LogP contribution in [-0.4, -0.2) is 60.9 Å². The number of methoxy groups -OCH3 is 1. The van der Waals surface area contributed by atoms with E-state index >= 15 is 0 Å². The van der Waals surface area contributed by atoms with Crippen LogP contribution in [0.1, 0.15) is 6.92 Å². The number of rotatable bonds is 5. The molecule has 1 aliphatic heterocycles. The van der Waals surface area contributed by atoms with E-state index in [1.165, 1.54) is 13.4 Å². The first-order chi connectivity index (χ1) is 9.24. The zero-order valence-corrected chi connectivity index (χ0v) is 11.3. The Morgan fingerprint density at radius 2 is 2.53 bits per heavy atom. The molecule has 2 rings (SSSR count). The molecule has 1 unspecified atom stereocenters. The van der Waals surface area contributed by atoms with Gasteiger partial charge in [0, 0.05) is 19.6 Å². The normalized spacial score (nSPS) is 20.2. The van der Waals surface area contributed by atoms with Crippen LogP contribution < -0.4 is 15.6 Å². The summed E-state index contributed by atoms with van der Waals surface area (Å²) < 4.78 is 10.7. The molecule has 0 spiro atoms. The number of H-pyrrole nitrogens is 1. The minimum absolute atomic E-state index is 0.0968. The highest BCUT2D eigenvalue weighted by Gasteiger charge is 2.19. The molecule has 1 fully saturated rings. The van der Waals surface area contributed by atoms with Crippen molar-refractivity contribution in [1.29, 1.82) is 0 Å². The van der Waals surface area contributed by atoms with Crippen LogP contribution in [0.2, 0.25) is 0 Å². The summed E-state index contributed by atoms with van der Waals surface area (Å²) in [6.07, 6.45) is 1.45. The lowest BCUT2D eigenvalue weighted by molar-refractivity contribution is -0.0192. The van der Waals surface area contributed by atoms with Crippen LogP contribution in [0.4, 0.5) is 5.82 Å². The number of hydrogen-bond acceptors (Lipinski definition) is 6. The third kappa shape index (κ3) is 3.45. The van der Waals surface area contributed by atoms with E-state index in [0.717, 1.165) is 26.2 Å². The average Bonchev–Trinajstić information content (AvgIpc) is 2.45. The second-order valence-electron chi connectivity index (χ2n) is 4.38. The first-order valence-electron chi connectivity index (χ1n) is 6.44. The Morgan fingerprint density at radius 3 is 3.26 bits per heavy atom. The maximum atomic E-state index is 11.5. The molecule has 0 aliphatic carbocycles. The number of morpholine rings is 1. The van der Waals surface area contributed by atoms with Crippen molar-refractivity contribution in [3.63, 3.8) is 0 Å². The van der Waals surface area contributed by atoms with Crippen LogP contribution in [0.3, 0.4) is 0 Å². The molecule has 0 aromatic carbocycles. The van der Waals surface area contributed by atoms with Crippen LogP contribution in [0.25, 0.3) is 0 Å². The maximum Gasteiger partial charge on any atom is 0.295 e. The lowest BCUT2D eigenvalue weighted by Crippen LogP contribution is -2.45. The van der Waals surface area contributed by atoms with Crippen molar-refractivity contribution in [2.24, 2.45) is 0 Å². The Balaban J connectivity index is 1.95. The SMILES string of the molecule is CCN1CCOC(CNc2nc[nH]c(=O)c2OC)C1. The van der Waals surface area contributed by atoms with Gasteiger partial charge in [0.25, 0.3) is 5.56 Å². The summed E-state index contributed by atoms with van der Waals surface area (Å²) in [6, 6.07) is 0. The van der Waals surface area contributed by atoms with Crippen LogP contribution >= 0.6 is 0 Å². The molecule has 1 saturated heterocycles. The van der Waals surface area contributed by atoms with E-state index in [0.29, 0.717) is 12.4 Å². The fourth-order valence-corrected chi connectivity index (χ4v) is 2.10. The molecule has 1 atom stereocenters. The zero-order valence-electron chi connectivity index (χ0n) is 11.3. The summed E-state index contributed by atoms with van der Waals surface area (Å²) in [5.41, 5.74) is -0.292. The second-order valence-corrected chi connectivity index (χ2v) is 4.38. The van der Waals surface area contributed by atoms with Crippen molar-refractivity contribution in [3.8, 4) is 5.75 Å². The Hall–Kier alpha value is -1.60. The average molecular weight is 268 g/mol. The molecular formula is C12H20N4O3. The van der Waals surface area contributed by atoms with E-state index in [1.807, 2.05) is 0 Å². The van der Waals surface area contributed by atoms with E-state index in [9.17, 15) is 4.79 Å². The van der Waals surface area contributed by atoms with Crippen molar-refractivity contribution in [3.05, 3.63) is 16.7 Å². The first-order valence-corrected chi connectivity index (χ1v) is 6.44. The van der Waals surface area contributed by atoms with Crippen LogP contribution in [-0.2, 0) is 4.74 Å². The zero-order chi connectivity index (χ0) is 13.7. The summed E-state index contributed by atoms with van der Waals surface area (Å²) in [7, 11) is 1.45.